The lowest BCUT2D eigenvalue weighted by molar-refractivity contribution is 0.0725. The van der Waals surface area contributed by atoms with Gasteiger partial charge in [-0.1, -0.05) is 54.6 Å². The number of nitrogens with one attached hydrogen (secondary N) is 1. The van der Waals surface area contributed by atoms with E-state index in [1.165, 1.54) is 27.9 Å². The lowest BCUT2D eigenvalue weighted by Crippen LogP contribution is -2.51. The van der Waals surface area contributed by atoms with Crippen molar-refractivity contribution in [2.24, 2.45) is 0 Å². The molecule has 0 saturated carbocycles. The highest BCUT2D eigenvalue weighted by molar-refractivity contribution is 5.68. The Balaban J connectivity index is 1.42. The van der Waals surface area contributed by atoms with Gasteiger partial charge in [0.2, 0.25) is 0 Å². The number of nitrogens with zero attached hydrogens (tertiary/aromatic N) is 3. The predicted octanol–water partition coefficient (Wildman–Crippen LogP) is 4.09. The van der Waals surface area contributed by atoms with Crippen LogP contribution in [0.1, 0.15) is 23.7 Å². The molecular weight excluding hydrogens is 332 g/mol. The fourth-order valence-electron chi connectivity index (χ4n) is 4.03. The summed E-state index contributed by atoms with van der Waals surface area (Å²) in [6, 6.07) is 19.8. The Morgan fingerprint density at radius 2 is 1.74 bits per heavy atom. The molecule has 4 heteroatoms. The first-order valence-corrected chi connectivity index (χ1v) is 9.79. The predicted molar refractivity (Wildman–Crippen MR) is 110 cm³/mol. The Morgan fingerprint density at radius 3 is 2.52 bits per heavy atom. The van der Waals surface area contributed by atoms with Crippen molar-refractivity contribution in [3.63, 3.8) is 0 Å². The van der Waals surface area contributed by atoms with Gasteiger partial charge in [-0.3, -0.25) is 14.9 Å². The zero-order chi connectivity index (χ0) is 18.6. The summed E-state index contributed by atoms with van der Waals surface area (Å²) in [6.45, 7) is 9.75. The third-order valence-corrected chi connectivity index (χ3v) is 5.61. The second-order valence-electron chi connectivity index (χ2n) is 7.62. The molecule has 4 rings (SSSR count). The molecule has 140 valence electrons. The lowest BCUT2D eigenvalue weighted by atomic mass is 10.0. The van der Waals surface area contributed by atoms with E-state index in [1.807, 2.05) is 6.20 Å². The maximum atomic E-state index is 4.34. The zero-order valence-electron chi connectivity index (χ0n) is 16.2. The summed E-state index contributed by atoms with van der Waals surface area (Å²) in [5.41, 5.74) is 6.41. The minimum absolute atomic E-state index is 0.524. The SMILES string of the molecule is Cc1ccccc1-c1cn[nH]c1CN1CCN(Cc2ccccc2)CC1C. The van der Waals surface area contributed by atoms with Crippen molar-refractivity contribution in [1.82, 2.24) is 20.0 Å². The molecule has 1 aliphatic heterocycles. The zero-order valence-corrected chi connectivity index (χ0v) is 16.2. The third kappa shape index (κ3) is 4.12. The molecule has 1 aliphatic rings. The molecule has 1 aromatic heterocycles. The fourth-order valence-corrected chi connectivity index (χ4v) is 4.03. The average Bonchev–Trinajstić information content (AvgIpc) is 3.13. The number of hydrogen-bond acceptors (Lipinski definition) is 3. The molecule has 1 saturated heterocycles. The Labute approximate surface area is 161 Å². The summed E-state index contributed by atoms with van der Waals surface area (Å²) in [5.74, 6) is 0. The standard InChI is InChI=1S/C23H28N4/c1-18-8-6-7-11-21(18)22-14-24-25-23(22)17-27-13-12-26(15-19(27)2)16-20-9-4-3-5-10-20/h3-11,14,19H,12-13,15-17H2,1-2H3,(H,24,25). The molecule has 3 aromatic rings. The number of aromatic nitrogens is 2. The van der Waals surface area contributed by atoms with E-state index in [-0.39, 0.29) is 0 Å². The van der Waals surface area contributed by atoms with Crippen LogP contribution in [0.15, 0.2) is 60.8 Å². The normalized spacial score (nSPS) is 18.7. The van der Waals surface area contributed by atoms with Gasteiger partial charge in [-0.2, -0.15) is 5.10 Å². The molecule has 1 N–H and O–H groups in total. The smallest absolute Gasteiger partial charge is 0.0570 e. The van der Waals surface area contributed by atoms with E-state index in [0.717, 1.165) is 32.7 Å². The van der Waals surface area contributed by atoms with E-state index in [1.54, 1.807) is 0 Å². The molecule has 0 spiro atoms. The van der Waals surface area contributed by atoms with Crippen molar-refractivity contribution in [1.29, 1.82) is 0 Å². The molecule has 1 fully saturated rings. The van der Waals surface area contributed by atoms with Crippen LogP contribution in [0, 0.1) is 6.92 Å². The Kier molecular flexibility index (Phi) is 5.37. The van der Waals surface area contributed by atoms with E-state index in [0.29, 0.717) is 6.04 Å². The summed E-state index contributed by atoms with van der Waals surface area (Å²) in [7, 11) is 0. The molecule has 0 amide bonds. The van der Waals surface area contributed by atoms with Crippen molar-refractivity contribution >= 4 is 0 Å². The van der Waals surface area contributed by atoms with E-state index in [9.17, 15) is 0 Å². The number of benzene rings is 2. The highest BCUT2D eigenvalue weighted by Crippen LogP contribution is 2.27. The maximum Gasteiger partial charge on any atom is 0.0570 e. The summed E-state index contributed by atoms with van der Waals surface area (Å²) in [6.07, 6.45) is 1.97. The van der Waals surface area contributed by atoms with Gasteiger partial charge in [-0.15, -0.1) is 0 Å². The summed E-state index contributed by atoms with van der Waals surface area (Å²) in [4.78, 5) is 5.13. The molecule has 0 radical (unpaired) electrons. The van der Waals surface area contributed by atoms with Gasteiger partial charge in [0.15, 0.2) is 0 Å². The third-order valence-electron chi connectivity index (χ3n) is 5.61. The minimum Gasteiger partial charge on any atom is -0.296 e. The van der Waals surface area contributed by atoms with Crippen LogP contribution in [-0.4, -0.2) is 45.7 Å². The van der Waals surface area contributed by atoms with E-state index in [2.05, 4.69) is 88.4 Å². The van der Waals surface area contributed by atoms with Crippen molar-refractivity contribution in [2.45, 2.75) is 33.0 Å². The van der Waals surface area contributed by atoms with E-state index >= 15 is 0 Å². The summed E-state index contributed by atoms with van der Waals surface area (Å²) in [5, 5.41) is 7.58. The van der Waals surface area contributed by atoms with Gasteiger partial charge in [-0.05, 0) is 30.5 Å². The van der Waals surface area contributed by atoms with Crippen molar-refractivity contribution < 1.29 is 0 Å². The number of aromatic amines is 1. The van der Waals surface area contributed by atoms with Gasteiger partial charge in [-0.25, -0.2) is 0 Å². The number of piperazine rings is 1. The van der Waals surface area contributed by atoms with Crippen molar-refractivity contribution in [2.75, 3.05) is 19.6 Å². The van der Waals surface area contributed by atoms with Crippen LogP contribution < -0.4 is 0 Å². The van der Waals surface area contributed by atoms with Crippen LogP contribution in [-0.2, 0) is 13.1 Å². The van der Waals surface area contributed by atoms with E-state index < -0.39 is 0 Å². The van der Waals surface area contributed by atoms with Gasteiger partial charge in [0.25, 0.3) is 0 Å². The molecule has 0 bridgehead atoms. The molecule has 4 nitrogen and oxygen atoms in total. The van der Waals surface area contributed by atoms with Crippen molar-refractivity contribution in [3.8, 4) is 11.1 Å². The Morgan fingerprint density at radius 1 is 0.963 bits per heavy atom. The minimum atomic E-state index is 0.524. The lowest BCUT2D eigenvalue weighted by Gasteiger charge is -2.39. The highest BCUT2D eigenvalue weighted by Gasteiger charge is 2.25. The van der Waals surface area contributed by atoms with Crippen LogP contribution >= 0.6 is 0 Å². The molecule has 1 unspecified atom stereocenters. The van der Waals surface area contributed by atoms with Gasteiger partial charge in [0, 0.05) is 44.3 Å². The number of hydrogen-bond donors (Lipinski definition) is 1. The summed E-state index contributed by atoms with van der Waals surface area (Å²) < 4.78 is 0. The molecule has 1 atom stereocenters. The highest BCUT2D eigenvalue weighted by atomic mass is 15.3. The molecule has 2 aromatic carbocycles. The average molecular weight is 361 g/mol. The van der Waals surface area contributed by atoms with Gasteiger partial charge in [0.05, 0.1) is 11.9 Å². The molecule has 2 heterocycles. The van der Waals surface area contributed by atoms with Crippen LogP contribution in [0.25, 0.3) is 11.1 Å². The second-order valence-corrected chi connectivity index (χ2v) is 7.62. The summed E-state index contributed by atoms with van der Waals surface area (Å²) >= 11 is 0. The number of rotatable bonds is 5. The number of aryl methyl sites for hydroxylation is 1. The first-order chi connectivity index (χ1) is 13.2. The first kappa shape index (κ1) is 18.0. The molecular formula is C23H28N4. The van der Waals surface area contributed by atoms with Crippen LogP contribution in [0.5, 0.6) is 0 Å². The van der Waals surface area contributed by atoms with Gasteiger partial charge in [0.1, 0.15) is 0 Å². The molecule has 0 aliphatic carbocycles. The van der Waals surface area contributed by atoms with Crippen LogP contribution in [0.3, 0.4) is 0 Å². The molecule has 27 heavy (non-hydrogen) atoms. The van der Waals surface area contributed by atoms with E-state index in [4.69, 9.17) is 0 Å². The second kappa shape index (κ2) is 8.07. The monoisotopic (exact) mass is 360 g/mol. The maximum absolute atomic E-state index is 4.34. The Hall–Kier alpha value is -2.43. The van der Waals surface area contributed by atoms with Gasteiger partial charge >= 0.3 is 0 Å². The number of H-pyrrole nitrogens is 1. The Bertz CT molecular complexity index is 871. The first-order valence-electron chi connectivity index (χ1n) is 9.79. The topological polar surface area (TPSA) is 35.2 Å². The quantitative estimate of drug-likeness (QED) is 0.744. The van der Waals surface area contributed by atoms with Crippen LogP contribution in [0.4, 0.5) is 0 Å². The van der Waals surface area contributed by atoms with Crippen LogP contribution in [0.2, 0.25) is 0 Å². The van der Waals surface area contributed by atoms with Crippen molar-refractivity contribution in [3.05, 3.63) is 77.6 Å². The largest absolute Gasteiger partial charge is 0.296 e. The van der Waals surface area contributed by atoms with Gasteiger partial charge < -0.3 is 0 Å². The fraction of sp³-hybridized carbons (Fsp3) is 0.348.